The van der Waals surface area contributed by atoms with Crippen molar-refractivity contribution in [1.82, 2.24) is 15.2 Å². The van der Waals surface area contributed by atoms with Gasteiger partial charge in [0.1, 0.15) is 0 Å². The molecule has 0 radical (unpaired) electrons. The number of hydrogen-bond acceptors (Lipinski definition) is 5. The number of benzene rings is 1. The first-order valence-electron chi connectivity index (χ1n) is 7.55. The minimum Gasteiger partial charge on any atom is -0.344 e. The summed E-state index contributed by atoms with van der Waals surface area (Å²) in [4.78, 5) is 16.4. The van der Waals surface area contributed by atoms with Gasteiger partial charge in [0.25, 0.3) is 0 Å². The Labute approximate surface area is 144 Å². The van der Waals surface area contributed by atoms with Crippen LogP contribution in [0, 0.1) is 6.92 Å². The third-order valence-electron chi connectivity index (χ3n) is 3.36. The summed E-state index contributed by atoms with van der Waals surface area (Å²) in [5, 5.41) is 13.9. The molecule has 1 amide bonds. The third-order valence-corrected chi connectivity index (χ3v) is 4.25. The molecule has 0 saturated carbocycles. The molecule has 1 aromatic heterocycles. The summed E-state index contributed by atoms with van der Waals surface area (Å²) < 4.78 is 1.01. The molecular formula is C16H20BrN5O. The average molecular weight is 378 g/mol. The minimum atomic E-state index is -0.159. The fourth-order valence-electron chi connectivity index (χ4n) is 2.10. The van der Waals surface area contributed by atoms with Crippen molar-refractivity contribution < 1.29 is 4.79 Å². The molecule has 0 atom stereocenters. The molecule has 6 nitrogen and oxygen atoms in total. The van der Waals surface area contributed by atoms with E-state index in [0.717, 1.165) is 40.0 Å². The first-order valence-corrected chi connectivity index (χ1v) is 8.35. The van der Waals surface area contributed by atoms with E-state index in [-0.39, 0.29) is 12.5 Å². The second-order valence-electron chi connectivity index (χ2n) is 5.10. The lowest BCUT2D eigenvalue weighted by Crippen LogP contribution is -2.23. The highest BCUT2D eigenvalue weighted by Crippen LogP contribution is 2.19. The van der Waals surface area contributed by atoms with Crippen LogP contribution in [0.1, 0.15) is 30.8 Å². The number of nitrogens with zero attached hydrogens (tertiary/aromatic N) is 3. The zero-order valence-electron chi connectivity index (χ0n) is 13.5. The lowest BCUT2D eigenvalue weighted by Gasteiger charge is -2.09. The molecule has 0 fully saturated rings. The van der Waals surface area contributed by atoms with E-state index in [1.54, 1.807) is 0 Å². The van der Waals surface area contributed by atoms with Crippen molar-refractivity contribution in [1.29, 1.82) is 0 Å². The molecule has 0 aliphatic heterocycles. The van der Waals surface area contributed by atoms with Crippen LogP contribution in [-0.4, -0.2) is 27.6 Å². The summed E-state index contributed by atoms with van der Waals surface area (Å²) in [5.74, 6) is 0.217. The van der Waals surface area contributed by atoms with Crippen LogP contribution in [0.15, 0.2) is 22.7 Å². The Kier molecular flexibility index (Phi) is 6.04. The summed E-state index contributed by atoms with van der Waals surface area (Å²) >= 11 is 3.43. The first kappa shape index (κ1) is 17.3. The van der Waals surface area contributed by atoms with Gasteiger partial charge in [0.05, 0.1) is 17.9 Å². The van der Waals surface area contributed by atoms with Crippen LogP contribution < -0.4 is 10.6 Å². The van der Waals surface area contributed by atoms with E-state index < -0.39 is 0 Å². The Morgan fingerprint density at radius 3 is 2.57 bits per heavy atom. The summed E-state index contributed by atoms with van der Waals surface area (Å²) in [6.45, 7) is 6.10. The molecule has 0 spiro atoms. The molecule has 2 N–H and O–H groups in total. The van der Waals surface area contributed by atoms with Gasteiger partial charge < -0.3 is 10.6 Å². The van der Waals surface area contributed by atoms with Crippen LogP contribution >= 0.6 is 15.9 Å². The minimum absolute atomic E-state index is 0.0887. The number of rotatable bonds is 6. The molecule has 2 rings (SSSR count). The van der Waals surface area contributed by atoms with Crippen molar-refractivity contribution in [3.05, 3.63) is 39.6 Å². The Balaban J connectivity index is 1.95. The summed E-state index contributed by atoms with van der Waals surface area (Å²) in [5.41, 5.74) is 3.62. The Hall–Kier alpha value is -2.02. The van der Waals surface area contributed by atoms with Crippen molar-refractivity contribution >= 4 is 33.5 Å². The number of carbonyl (C=O) groups excluding carboxylic acids is 1. The fraction of sp³-hybridized carbons (Fsp3) is 0.375. The maximum atomic E-state index is 12.0. The van der Waals surface area contributed by atoms with E-state index in [0.29, 0.717) is 5.95 Å². The molecular weight excluding hydrogens is 358 g/mol. The highest BCUT2D eigenvalue weighted by Gasteiger charge is 2.08. The van der Waals surface area contributed by atoms with Gasteiger partial charge in [-0.1, -0.05) is 29.8 Å². The molecule has 0 unspecified atom stereocenters. The maximum Gasteiger partial charge on any atom is 0.243 e. The summed E-state index contributed by atoms with van der Waals surface area (Å²) in [6, 6.07) is 5.66. The second-order valence-corrected chi connectivity index (χ2v) is 5.96. The topological polar surface area (TPSA) is 79.8 Å². The van der Waals surface area contributed by atoms with Gasteiger partial charge in [-0.3, -0.25) is 4.79 Å². The van der Waals surface area contributed by atoms with E-state index >= 15 is 0 Å². The quantitative estimate of drug-likeness (QED) is 0.808. The van der Waals surface area contributed by atoms with Gasteiger partial charge in [-0.05, 0) is 43.5 Å². The average Bonchev–Trinajstić information content (AvgIpc) is 2.56. The van der Waals surface area contributed by atoms with Crippen LogP contribution in [0.25, 0.3) is 0 Å². The van der Waals surface area contributed by atoms with E-state index in [1.807, 2.05) is 39.0 Å². The SMILES string of the molecule is CCc1nnc(NCC(=O)Nc2ccc(Br)c(C)c2)nc1CC. The standard InChI is InChI=1S/C16H20BrN5O/c1-4-13-14(5-2)21-22-16(20-13)18-9-15(23)19-11-6-7-12(17)10(3)8-11/h6-8H,4-5,9H2,1-3H3,(H,19,23)(H,18,20,22). The zero-order valence-corrected chi connectivity index (χ0v) is 15.1. The van der Waals surface area contributed by atoms with Crippen molar-refractivity contribution in [3.63, 3.8) is 0 Å². The van der Waals surface area contributed by atoms with E-state index in [4.69, 9.17) is 0 Å². The predicted octanol–water partition coefficient (Wildman–Crippen LogP) is 3.12. The van der Waals surface area contributed by atoms with Crippen molar-refractivity contribution in [2.24, 2.45) is 0 Å². The van der Waals surface area contributed by atoms with Gasteiger partial charge in [0.15, 0.2) is 0 Å². The number of amides is 1. The first-order chi connectivity index (χ1) is 11.0. The lowest BCUT2D eigenvalue weighted by molar-refractivity contribution is -0.114. The lowest BCUT2D eigenvalue weighted by atomic mass is 10.2. The predicted molar refractivity (Wildman–Crippen MR) is 94.6 cm³/mol. The fourth-order valence-corrected chi connectivity index (χ4v) is 2.35. The Morgan fingerprint density at radius 2 is 1.91 bits per heavy atom. The summed E-state index contributed by atoms with van der Waals surface area (Å²) in [7, 11) is 0. The van der Waals surface area contributed by atoms with Gasteiger partial charge in [0.2, 0.25) is 11.9 Å². The maximum absolute atomic E-state index is 12.0. The number of carbonyl (C=O) groups is 1. The van der Waals surface area contributed by atoms with Crippen molar-refractivity contribution in [2.45, 2.75) is 33.6 Å². The van der Waals surface area contributed by atoms with Gasteiger partial charge in [0, 0.05) is 10.2 Å². The van der Waals surface area contributed by atoms with E-state index in [9.17, 15) is 4.79 Å². The van der Waals surface area contributed by atoms with E-state index in [1.165, 1.54) is 0 Å². The second kappa shape index (κ2) is 8.01. The molecule has 122 valence electrons. The van der Waals surface area contributed by atoms with Gasteiger partial charge in [-0.15, -0.1) is 5.10 Å². The largest absolute Gasteiger partial charge is 0.344 e. The van der Waals surface area contributed by atoms with Gasteiger partial charge in [-0.25, -0.2) is 4.98 Å². The number of nitrogens with one attached hydrogen (secondary N) is 2. The number of aryl methyl sites for hydroxylation is 3. The van der Waals surface area contributed by atoms with E-state index in [2.05, 4.69) is 41.7 Å². The number of hydrogen-bond donors (Lipinski definition) is 2. The van der Waals surface area contributed by atoms with Crippen LogP contribution in [0.5, 0.6) is 0 Å². The molecule has 2 aromatic rings. The Bertz CT molecular complexity index is 705. The Morgan fingerprint density at radius 1 is 1.17 bits per heavy atom. The molecule has 7 heteroatoms. The van der Waals surface area contributed by atoms with Crippen molar-refractivity contribution in [2.75, 3.05) is 17.2 Å². The number of halogens is 1. The molecule has 1 heterocycles. The third kappa shape index (κ3) is 4.72. The zero-order chi connectivity index (χ0) is 16.8. The van der Waals surface area contributed by atoms with Crippen LogP contribution in [0.3, 0.4) is 0 Å². The van der Waals surface area contributed by atoms with Gasteiger partial charge >= 0.3 is 0 Å². The van der Waals surface area contributed by atoms with Crippen LogP contribution in [-0.2, 0) is 17.6 Å². The molecule has 0 aliphatic carbocycles. The van der Waals surface area contributed by atoms with Crippen molar-refractivity contribution in [3.8, 4) is 0 Å². The van der Waals surface area contributed by atoms with Gasteiger partial charge in [-0.2, -0.15) is 5.10 Å². The molecule has 0 saturated heterocycles. The monoisotopic (exact) mass is 377 g/mol. The number of anilines is 2. The van der Waals surface area contributed by atoms with Crippen LogP contribution in [0.2, 0.25) is 0 Å². The molecule has 0 bridgehead atoms. The highest BCUT2D eigenvalue weighted by atomic mass is 79.9. The molecule has 1 aromatic carbocycles. The van der Waals surface area contributed by atoms with Crippen LogP contribution in [0.4, 0.5) is 11.6 Å². The number of aromatic nitrogens is 3. The molecule has 0 aliphatic rings. The normalized spacial score (nSPS) is 10.4. The smallest absolute Gasteiger partial charge is 0.243 e. The highest BCUT2D eigenvalue weighted by molar-refractivity contribution is 9.10. The molecule has 23 heavy (non-hydrogen) atoms. The summed E-state index contributed by atoms with van der Waals surface area (Å²) in [6.07, 6.45) is 1.59.